The van der Waals surface area contributed by atoms with Crippen molar-refractivity contribution in [1.82, 2.24) is 10.1 Å². The van der Waals surface area contributed by atoms with Crippen LogP contribution in [-0.4, -0.2) is 10.1 Å². The molecule has 0 fully saturated rings. The predicted molar refractivity (Wildman–Crippen MR) is 79.4 cm³/mol. The first-order valence-electron chi connectivity index (χ1n) is 6.72. The van der Waals surface area contributed by atoms with E-state index in [4.69, 9.17) is 10.3 Å². The number of nitrogen functional groups attached to an aromatic ring is 1. The second-order valence-electron chi connectivity index (χ2n) is 5.03. The van der Waals surface area contributed by atoms with Crippen molar-refractivity contribution in [2.75, 3.05) is 5.73 Å². The summed E-state index contributed by atoms with van der Waals surface area (Å²) in [5.41, 5.74) is 8.94. The molecule has 4 rings (SSSR count). The molecule has 3 aromatic rings. The van der Waals surface area contributed by atoms with E-state index in [-0.39, 0.29) is 5.82 Å². The van der Waals surface area contributed by atoms with E-state index >= 15 is 0 Å². The highest BCUT2D eigenvalue weighted by Crippen LogP contribution is 2.43. The third-order valence-corrected chi connectivity index (χ3v) is 4.81. The number of anilines is 1. The normalized spacial score (nSPS) is 13.6. The second-order valence-corrected chi connectivity index (χ2v) is 6.16. The summed E-state index contributed by atoms with van der Waals surface area (Å²) in [6.45, 7) is 0. The zero-order valence-corrected chi connectivity index (χ0v) is 11.9. The number of rotatable bonds is 2. The Labute approximate surface area is 124 Å². The predicted octanol–water partition coefficient (Wildman–Crippen LogP) is 3.68. The van der Waals surface area contributed by atoms with E-state index in [0.29, 0.717) is 11.7 Å². The number of hydrogen-bond acceptors (Lipinski definition) is 5. The van der Waals surface area contributed by atoms with Crippen molar-refractivity contribution >= 4 is 16.3 Å². The molecular weight excluding hydrogens is 289 g/mol. The molecule has 21 heavy (non-hydrogen) atoms. The minimum Gasteiger partial charge on any atom is -0.390 e. The Kier molecular flexibility index (Phi) is 2.78. The van der Waals surface area contributed by atoms with Gasteiger partial charge in [-0.2, -0.15) is 4.98 Å². The summed E-state index contributed by atoms with van der Waals surface area (Å²) < 4.78 is 18.3. The molecule has 4 nitrogen and oxygen atoms in total. The first kappa shape index (κ1) is 12.5. The highest BCUT2D eigenvalue weighted by atomic mass is 32.1. The molecule has 0 aliphatic heterocycles. The van der Waals surface area contributed by atoms with Crippen LogP contribution in [0.25, 0.3) is 22.8 Å². The van der Waals surface area contributed by atoms with Crippen LogP contribution in [0.4, 0.5) is 9.39 Å². The van der Waals surface area contributed by atoms with Crippen LogP contribution in [0.15, 0.2) is 28.8 Å². The molecule has 1 aliphatic rings. The summed E-state index contributed by atoms with van der Waals surface area (Å²) in [6.07, 6.45) is 3.23. The Morgan fingerprint density at radius 3 is 2.81 bits per heavy atom. The Morgan fingerprint density at radius 2 is 2.00 bits per heavy atom. The maximum Gasteiger partial charge on any atom is 0.261 e. The van der Waals surface area contributed by atoms with Crippen LogP contribution in [0.3, 0.4) is 0 Å². The molecule has 106 valence electrons. The van der Waals surface area contributed by atoms with E-state index < -0.39 is 0 Å². The van der Waals surface area contributed by atoms with Gasteiger partial charge in [-0.05, 0) is 49.1 Å². The Morgan fingerprint density at radius 1 is 1.19 bits per heavy atom. The highest BCUT2D eigenvalue weighted by Gasteiger charge is 2.25. The van der Waals surface area contributed by atoms with Crippen molar-refractivity contribution in [3.8, 4) is 22.8 Å². The quantitative estimate of drug-likeness (QED) is 0.784. The topological polar surface area (TPSA) is 64.9 Å². The molecule has 0 bridgehead atoms. The lowest BCUT2D eigenvalue weighted by Crippen LogP contribution is -1.88. The van der Waals surface area contributed by atoms with Crippen molar-refractivity contribution in [2.45, 2.75) is 19.3 Å². The number of aromatic nitrogens is 2. The maximum atomic E-state index is 13.0. The molecule has 0 saturated carbocycles. The molecule has 0 spiro atoms. The molecule has 0 unspecified atom stereocenters. The van der Waals surface area contributed by atoms with Crippen molar-refractivity contribution in [3.05, 3.63) is 40.5 Å². The molecule has 2 heterocycles. The Balaban J connectivity index is 1.77. The van der Waals surface area contributed by atoms with Gasteiger partial charge in [0, 0.05) is 10.4 Å². The lowest BCUT2D eigenvalue weighted by Gasteiger charge is -1.96. The van der Waals surface area contributed by atoms with Crippen LogP contribution in [0, 0.1) is 5.82 Å². The number of benzene rings is 1. The van der Waals surface area contributed by atoms with Gasteiger partial charge in [-0.1, -0.05) is 5.16 Å². The molecule has 1 aliphatic carbocycles. The zero-order valence-electron chi connectivity index (χ0n) is 11.1. The van der Waals surface area contributed by atoms with Gasteiger partial charge in [-0.3, -0.25) is 0 Å². The van der Waals surface area contributed by atoms with E-state index in [1.807, 2.05) is 0 Å². The van der Waals surface area contributed by atoms with Crippen LogP contribution in [0.2, 0.25) is 0 Å². The summed E-state index contributed by atoms with van der Waals surface area (Å²) in [7, 11) is 0. The number of halogens is 1. The summed E-state index contributed by atoms with van der Waals surface area (Å²) in [5, 5.41) is 4.71. The van der Waals surface area contributed by atoms with E-state index in [1.54, 1.807) is 23.5 Å². The Bertz CT molecular complexity index is 807. The number of thiophene rings is 1. The fraction of sp³-hybridized carbons (Fsp3) is 0.200. The number of nitrogens with zero attached hydrogens (tertiary/aromatic N) is 2. The smallest absolute Gasteiger partial charge is 0.261 e. The number of aryl methyl sites for hydroxylation is 1. The lowest BCUT2D eigenvalue weighted by atomic mass is 10.1. The fourth-order valence-electron chi connectivity index (χ4n) is 2.70. The SMILES string of the molecule is Nc1sc2c(c1-c1nc(-c3ccc(F)cc3)no1)CCC2. The molecule has 0 atom stereocenters. The minimum absolute atomic E-state index is 0.289. The van der Waals surface area contributed by atoms with Crippen molar-refractivity contribution < 1.29 is 8.91 Å². The van der Waals surface area contributed by atoms with Crippen LogP contribution >= 0.6 is 11.3 Å². The molecule has 1 aromatic carbocycles. The Hall–Kier alpha value is -2.21. The standard InChI is InChI=1S/C15H12FN3OS/c16-9-6-4-8(5-7-9)14-18-15(20-19-14)12-10-2-1-3-11(10)21-13(12)17/h4-7H,1-3,17H2. The molecule has 0 amide bonds. The fourth-order valence-corrected chi connectivity index (χ4v) is 3.85. The molecule has 6 heteroatoms. The van der Waals surface area contributed by atoms with Gasteiger partial charge < -0.3 is 10.3 Å². The summed E-state index contributed by atoms with van der Waals surface area (Å²) in [6, 6.07) is 6.01. The number of nitrogens with two attached hydrogens (primary N) is 1. The van der Waals surface area contributed by atoms with Crippen LogP contribution < -0.4 is 5.73 Å². The van der Waals surface area contributed by atoms with Crippen molar-refractivity contribution in [2.24, 2.45) is 0 Å². The highest BCUT2D eigenvalue weighted by molar-refractivity contribution is 7.16. The third-order valence-electron chi connectivity index (χ3n) is 3.69. The summed E-state index contributed by atoms with van der Waals surface area (Å²) in [5.74, 6) is 0.607. The van der Waals surface area contributed by atoms with Gasteiger partial charge in [0.1, 0.15) is 5.82 Å². The van der Waals surface area contributed by atoms with Gasteiger partial charge in [0.15, 0.2) is 0 Å². The number of hydrogen-bond donors (Lipinski definition) is 1. The second kappa shape index (κ2) is 4.66. The van der Waals surface area contributed by atoms with E-state index in [2.05, 4.69) is 10.1 Å². The van der Waals surface area contributed by atoms with Crippen molar-refractivity contribution in [1.29, 1.82) is 0 Å². The number of fused-ring (bicyclic) bond motifs is 1. The first-order valence-corrected chi connectivity index (χ1v) is 7.54. The third kappa shape index (κ3) is 2.03. The molecule has 2 N–H and O–H groups in total. The van der Waals surface area contributed by atoms with Gasteiger partial charge in [-0.15, -0.1) is 11.3 Å². The van der Waals surface area contributed by atoms with Crippen LogP contribution in [0.5, 0.6) is 0 Å². The first-order chi connectivity index (χ1) is 10.2. The average Bonchev–Trinajstić information content (AvgIpc) is 3.15. The minimum atomic E-state index is -0.289. The molecule has 2 aromatic heterocycles. The van der Waals surface area contributed by atoms with Gasteiger partial charge in [0.2, 0.25) is 5.82 Å². The van der Waals surface area contributed by atoms with Gasteiger partial charge in [0.05, 0.1) is 10.6 Å². The lowest BCUT2D eigenvalue weighted by molar-refractivity contribution is 0.432. The maximum absolute atomic E-state index is 13.0. The van der Waals surface area contributed by atoms with E-state index in [1.165, 1.54) is 22.6 Å². The van der Waals surface area contributed by atoms with Crippen molar-refractivity contribution in [3.63, 3.8) is 0 Å². The average molecular weight is 301 g/mol. The van der Waals surface area contributed by atoms with Crippen LogP contribution in [0.1, 0.15) is 16.9 Å². The summed E-state index contributed by atoms with van der Waals surface area (Å²) in [4.78, 5) is 5.74. The van der Waals surface area contributed by atoms with E-state index in [0.717, 1.165) is 35.4 Å². The monoisotopic (exact) mass is 301 g/mol. The van der Waals surface area contributed by atoms with E-state index in [9.17, 15) is 4.39 Å². The summed E-state index contributed by atoms with van der Waals surface area (Å²) >= 11 is 1.61. The molecule has 0 radical (unpaired) electrons. The van der Waals surface area contributed by atoms with Gasteiger partial charge >= 0.3 is 0 Å². The van der Waals surface area contributed by atoms with Gasteiger partial charge in [-0.25, -0.2) is 4.39 Å². The molecular formula is C15H12FN3OS. The molecule has 0 saturated heterocycles. The zero-order chi connectivity index (χ0) is 14.4. The largest absolute Gasteiger partial charge is 0.390 e. The van der Waals surface area contributed by atoms with Gasteiger partial charge in [0.25, 0.3) is 5.89 Å². The van der Waals surface area contributed by atoms with Crippen LogP contribution in [-0.2, 0) is 12.8 Å².